The van der Waals surface area contributed by atoms with E-state index in [2.05, 4.69) is 5.32 Å². The molecule has 0 aliphatic carbocycles. The average molecular weight is 268 g/mol. The quantitative estimate of drug-likeness (QED) is 0.374. The van der Waals surface area contributed by atoms with Crippen molar-refractivity contribution < 1.29 is 14.8 Å². The monoisotopic (exact) mass is 267 g/mol. The van der Waals surface area contributed by atoms with E-state index in [0.29, 0.717) is 0 Å². The van der Waals surface area contributed by atoms with Crippen LogP contribution >= 0.6 is 11.6 Å². The number of nitrogens with zero attached hydrogens (tertiary/aromatic N) is 2. The van der Waals surface area contributed by atoms with Crippen molar-refractivity contribution in [3.05, 3.63) is 45.1 Å². The molecule has 0 amide bonds. The van der Waals surface area contributed by atoms with Gasteiger partial charge in [0.15, 0.2) is 5.57 Å². The van der Waals surface area contributed by atoms with Gasteiger partial charge in [-0.15, -0.1) is 0 Å². The molecular weight excluding hydrogens is 262 g/mol. The van der Waals surface area contributed by atoms with Crippen molar-refractivity contribution in [3.8, 4) is 6.07 Å². The number of carbonyl (C=O) groups is 1. The van der Waals surface area contributed by atoms with Crippen molar-refractivity contribution in [2.45, 2.75) is 0 Å². The molecule has 0 unspecified atom stereocenters. The third-order valence-electron chi connectivity index (χ3n) is 1.89. The number of aliphatic carboxylic acids is 1. The average Bonchev–Trinajstić information content (AvgIpc) is 2.30. The Morgan fingerprint density at radius 1 is 1.61 bits per heavy atom. The fourth-order valence-electron chi connectivity index (χ4n) is 1.03. The molecule has 0 fully saturated rings. The Bertz CT molecular complexity index is 577. The standard InChI is InChI=1S/C10H6ClN3O4/c11-8-3-7(14(17)18)1-2-9(8)13-5-6(4-12)10(15)16/h1-3,5,13H,(H,15,16)/b6-5-. The number of benzene rings is 1. The number of carboxylic acid groups (broad SMARTS) is 1. The van der Waals surface area contributed by atoms with Crippen LogP contribution in [-0.2, 0) is 4.79 Å². The Labute approximate surface area is 106 Å². The maximum atomic E-state index is 10.5. The fourth-order valence-corrected chi connectivity index (χ4v) is 1.26. The van der Waals surface area contributed by atoms with E-state index in [-0.39, 0.29) is 16.4 Å². The Balaban J connectivity index is 2.97. The lowest BCUT2D eigenvalue weighted by Gasteiger charge is -2.03. The summed E-state index contributed by atoms with van der Waals surface area (Å²) in [6.45, 7) is 0. The highest BCUT2D eigenvalue weighted by Crippen LogP contribution is 2.26. The molecule has 1 aromatic carbocycles. The van der Waals surface area contributed by atoms with Gasteiger partial charge in [0.05, 0.1) is 15.6 Å². The molecule has 0 saturated heterocycles. The molecule has 0 heterocycles. The molecule has 0 spiro atoms. The van der Waals surface area contributed by atoms with Crippen LogP contribution in [-0.4, -0.2) is 16.0 Å². The van der Waals surface area contributed by atoms with Gasteiger partial charge in [0.1, 0.15) is 6.07 Å². The molecule has 18 heavy (non-hydrogen) atoms. The van der Waals surface area contributed by atoms with Crippen LogP contribution < -0.4 is 5.32 Å². The van der Waals surface area contributed by atoms with Crippen LogP contribution in [0, 0.1) is 21.4 Å². The molecule has 7 nitrogen and oxygen atoms in total. The number of nitrogens with one attached hydrogen (secondary N) is 1. The van der Waals surface area contributed by atoms with Gasteiger partial charge in [0.2, 0.25) is 0 Å². The van der Waals surface area contributed by atoms with Crippen LogP contribution in [0.15, 0.2) is 30.0 Å². The first-order valence-corrected chi connectivity index (χ1v) is 4.87. The molecule has 0 aliphatic heterocycles. The van der Waals surface area contributed by atoms with Gasteiger partial charge in [-0.2, -0.15) is 5.26 Å². The van der Waals surface area contributed by atoms with Gasteiger partial charge < -0.3 is 10.4 Å². The number of nitriles is 1. The van der Waals surface area contributed by atoms with Gasteiger partial charge in [-0.1, -0.05) is 11.6 Å². The number of non-ortho nitro benzene ring substituents is 1. The van der Waals surface area contributed by atoms with E-state index in [1.54, 1.807) is 0 Å². The molecule has 92 valence electrons. The summed E-state index contributed by atoms with van der Waals surface area (Å²) in [5.74, 6) is -1.39. The summed E-state index contributed by atoms with van der Waals surface area (Å²) in [6, 6.07) is 5.10. The first-order chi connectivity index (χ1) is 8.45. The maximum absolute atomic E-state index is 10.5. The fraction of sp³-hybridized carbons (Fsp3) is 0. The SMILES string of the molecule is N#C/C(=C/Nc1ccc([N+](=O)[O-])cc1Cl)C(=O)O. The van der Waals surface area contributed by atoms with Crippen molar-refractivity contribution in [2.24, 2.45) is 0 Å². The van der Waals surface area contributed by atoms with Gasteiger partial charge in [-0.3, -0.25) is 10.1 Å². The minimum absolute atomic E-state index is 0.0446. The lowest BCUT2D eigenvalue weighted by atomic mass is 10.2. The Morgan fingerprint density at radius 3 is 2.72 bits per heavy atom. The molecule has 0 bridgehead atoms. The van der Waals surface area contributed by atoms with Crippen LogP contribution in [0.3, 0.4) is 0 Å². The predicted octanol–water partition coefficient (Wildman–Crippen LogP) is 2.15. The summed E-state index contributed by atoms with van der Waals surface area (Å²) in [6.07, 6.45) is 0.954. The summed E-state index contributed by atoms with van der Waals surface area (Å²) < 4.78 is 0. The van der Waals surface area contributed by atoms with Crippen molar-refractivity contribution in [1.82, 2.24) is 0 Å². The number of halogens is 1. The lowest BCUT2D eigenvalue weighted by molar-refractivity contribution is -0.384. The highest BCUT2D eigenvalue weighted by molar-refractivity contribution is 6.33. The second-order valence-electron chi connectivity index (χ2n) is 3.04. The topological polar surface area (TPSA) is 116 Å². The molecule has 0 saturated carbocycles. The summed E-state index contributed by atoms with van der Waals surface area (Å²) in [7, 11) is 0. The van der Waals surface area contributed by atoms with Crippen LogP contribution in [0.25, 0.3) is 0 Å². The number of nitro groups is 1. The highest BCUT2D eigenvalue weighted by atomic mass is 35.5. The zero-order valence-corrected chi connectivity index (χ0v) is 9.51. The number of hydrogen-bond acceptors (Lipinski definition) is 5. The second kappa shape index (κ2) is 5.65. The van der Waals surface area contributed by atoms with E-state index in [1.807, 2.05) is 0 Å². The van der Waals surface area contributed by atoms with E-state index in [0.717, 1.165) is 12.3 Å². The number of nitro benzene ring substituents is 1. The normalized spacial score (nSPS) is 10.6. The number of anilines is 1. The minimum Gasteiger partial charge on any atom is -0.477 e. The van der Waals surface area contributed by atoms with Gasteiger partial charge in [-0.25, -0.2) is 4.79 Å². The maximum Gasteiger partial charge on any atom is 0.347 e. The van der Waals surface area contributed by atoms with Crippen LogP contribution in [0.5, 0.6) is 0 Å². The summed E-state index contributed by atoms with van der Waals surface area (Å²) in [5.41, 5.74) is -0.436. The third kappa shape index (κ3) is 3.20. The van der Waals surface area contributed by atoms with Gasteiger partial charge >= 0.3 is 5.97 Å². The van der Waals surface area contributed by atoms with Crippen molar-refractivity contribution in [1.29, 1.82) is 5.26 Å². The van der Waals surface area contributed by atoms with Gasteiger partial charge in [0, 0.05) is 18.3 Å². The van der Waals surface area contributed by atoms with Crippen LogP contribution in [0.4, 0.5) is 11.4 Å². The third-order valence-corrected chi connectivity index (χ3v) is 2.20. The predicted molar refractivity (Wildman–Crippen MR) is 63.1 cm³/mol. The number of rotatable bonds is 4. The molecule has 0 atom stereocenters. The second-order valence-corrected chi connectivity index (χ2v) is 3.45. The zero-order valence-electron chi connectivity index (χ0n) is 8.75. The molecule has 1 rings (SSSR count). The first-order valence-electron chi connectivity index (χ1n) is 4.49. The van der Waals surface area contributed by atoms with E-state index in [1.165, 1.54) is 18.2 Å². The molecule has 0 aromatic heterocycles. The Kier molecular flexibility index (Phi) is 4.23. The largest absolute Gasteiger partial charge is 0.477 e. The zero-order chi connectivity index (χ0) is 13.7. The molecule has 0 aliphatic rings. The number of hydrogen-bond donors (Lipinski definition) is 2. The molecule has 0 radical (unpaired) electrons. The Hall–Kier alpha value is -2.59. The van der Waals surface area contributed by atoms with E-state index in [9.17, 15) is 14.9 Å². The summed E-state index contributed by atoms with van der Waals surface area (Å²) >= 11 is 5.75. The van der Waals surface area contributed by atoms with Crippen LogP contribution in [0.1, 0.15) is 0 Å². The van der Waals surface area contributed by atoms with Crippen LogP contribution in [0.2, 0.25) is 5.02 Å². The molecule has 8 heteroatoms. The van der Waals surface area contributed by atoms with Crippen molar-refractivity contribution in [3.63, 3.8) is 0 Å². The van der Waals surface area contributed by atoms with Gasteiger partial charge in [-0.05, 0) is 6.07 Å². The lowest BCUT2D eigenvalue weighted by Crippen LogP contribution is -2.01. The van der Waals surface area contributed by atoms with Crippen molar-refractivity contribution in [2.75, 3.05) is 5.32 Å². The van der Waals surface area contributed by atoms with Gasteiger partial charge in [0.25, 0.3) is 5.69 Å². The van der Waals surface area contributed by atoms with E-state index >= 15 is 0 Å². The Morgan fingerprint density at radius 2 is 2.28 bits per heavy atom. The smallest absolute Gasteiger partial charge is 0.347 e. The number of carboxylic acids is 1. The summed E-state index contributed by atoms with van der Waals surface area (Å²) in [4.78, 5) is 20.4. The van der Waals surface area contributed by atoms with Crippen molar-refractivity contribution >= 4 is 28.9 Å². The van der Waals surface area contributed by atoms with E-state index < -0.39 is 16.5 Å². The molecular formula is C10H6ClN3O4. The summed E-state index contributed by atoms with van der Waals surface area (Å²) in [5, 5.41) is 30.1. The highest BCUT2D eigenvalue weighted by Gasteiger charge is 2.10. The van der Waals surface area contributed by atoms with E-state index in [4.69, 9.17) is 22.0 Å². The minimum atomic E-state index is -1.39. The molecule has 1 aromatic rings. The molecule has 2 N–H and O–H groups in total. The first kappa shape index (κ1) is 13.5.